The van der Waals surface area contributed by atoms with Gasteiger partial charge in [0.05, 0.1) is 11.3 Å². The van der Waals surface area contributed by atoms with E-state index >= 15 is 0 Å². The third-order valence-corrected chi connectivity index (χ3v) is 5.53. The molecule has 0 fully saturated rings. The first-order valence-corrected chi connectivity index (χ1v) is 10.3. The molecule has 0 radical (unpaired) electrons. The lowest BCUT2D eigenvalue weighted by atomic mass is 10.2. The lowest BCUT2D eigenvalue weighted by Crippen LogP contribution is -1.98. The molecule has 0 unspecified atom stereocenters. The average molecular weight is 453 g/mol. The van der Waals surface area contributed by atoms with E-state index in [-0.39, 0.29) is 0 Å². The van der Waals surface area contributed by atoms with Gasteiger partial charge in [-0.05, 0) is 37.3 Å². The zero-order valence-corrected chi connectivity index (χ0v) is 17.1. The van der Waals surface area contributed by atoms with Gasteiger partial charge >= 0.3 is 0 Å². The molecule has 0 aliphatic heterocycles. The molecule has 3 heterocycles. The Bertz CT molecular complexity index is 1310. The van der Waals surface area contributed by atoms with E-state index in [0.29, 0.717) is 23.4 Å². The number of hydrogen-bond acceptors (Lipinski definition) is 7. The lowest BCUT2D eigenvalue weighted by Gasteiger charge is -2.04. The van der Waals surface area contributed by atoms with Gasteiger partial charge in [-0.25, -0.2) is 9.97 Å². The van der Waals surface area contributed by atoms with Crippen LogP contribution in [-0.2, 0) is 5.75 Å². The van der Waals surface area contributed by atoms with Crippen LogP contribution in [0.1, 0.15) is 11.7 Å². The van der Waals surface area contributed by atoms with E-state index in [2.05, 4.69) is 36.2 Å². The summed E-state index contributed by atoms with van der Waals surface area (Å²) in [6.07, 6.45) is 0. The first-order valence-electron chi connectivity index (χ1n) is 8.50. The predicted molar refractivity (Wildman–Crippen MR) is 110 cm³/mol. The van der Waals surface area contributed by atoms with Crippen LogP contribution in [0.4, 0.5) is 0 Å². The van der Waals surface area contributed by atoms with Crippen LogP contribution in [0.3, 0.4) is 0 Å². The number of fused-ring (bicyclic) bond motifs is 3. The van der Waals surface area contributed by atoms with Crippen molar-refractivity contribution in [2.45, 2.75) is 17.8 Å². The molecule has 0 saturated carbocycles. The van der Waals surface area contributed by atoms with Crippen LogP contribution >= 0.6 is 27.7 Å². The number of rotatable bonds is 4. The van der Waals surface area contributed by atoms with Crippen LogP contribution < -0.4 is 0 Å². The maximum Gasteiger partial charge on any atom is 0.247 e. The first kappa shape index (κ1) is 17.3. The van der Waals surface area contributed by atoms with Crippen LogP contribution in [0.5, 0.6) is 0 Å². The average Bonchev–Trinajstić information content (AvgIpc) is 3.33. The summed E-state index contributed by atoms with van der Waals surface area (Å²) in [7, 11) is 0. The first-order chi connectivity index (χ1) is 13.7. The van der Waals surface area contributed by atoms with E-state index in [9.17, 15) is 0 Å². The molecule has 0 amide bonds. The second kappa shape index (κ2) is 6.99. The van der Waals surface area contributed by atoms with E-state index < -0.39 is 0 Å². The highest BCUT2D eigenvalue weighted by Gasteiger charge is 2.14. The summed E-state index contributed by atoms with van der Waals surface area (Å²) >= 11 is 4.94. The van der Waals surface area contributed by atoms with E-state index in [1.807, 2.05) is 55.5 Å². The van der Waals surface area contributed by atoms with E-state index in [4.69, 9.17) is 9.40 Å². The number of para-hydroxylation sites is 1. The van der Waals surface area contributed by atoms with Crippen LogP contribution in [0, 0.1) is 6.92 Å². The Kier molecular flexibility index (Phi) is 4.33. The third-order valence-electron chi connectivity index (χ3n) is 4.12. The summed E-state index contributed by atoms with van der Waals surface area (Å²) in [6.45, 7) is 1.87. The molecule has 5 rings (SSSR count). The summed E-state index contributed by atoms with van der Waals surface area (Å²) < 4.78 is 8.55. The molecular formula is C19H13BrN6OS. The van der Waals surface area contributed by atoms with Crippen molar-refractivity contribution in [3.05, 3.63) is 64.7 Å². The van der Waals surface area contributed by atoms with Crippen molar-refractivity contribution in [2.75, 3.05) is 0 Å². The molecule has 3 aromatic heterocycles. The Balaban J connectivity index is 1.46. The Morgan fingerprint density at radius 3 is 2.86 bits per heavy atom. The number of nitrogens with zero attached hydrogens (tertiary/aromatic N) is 6. The molecule has 7 nitrogen and oxygen atoms in total. The molecule has 0 atom stereocenters. The van der Waals surface area contributed by atoms with Crippen molar-refractivity contribution in [2.24, 2.45) is 0 Å². The topological polar surface area (TPSA) is 82.0 Å². The van der Waals surface area contributed by atoms with Gasteiger partial charge in [0.15, 0.2) is 10.8 Å². The lowest BCUT2D eigenvalue weighted by molar-refractivity contribution is 0.528. The molecule has 0 saturated heterocycles. The summed E-state index contributed by atoms with van der Waals surface area (Å²) in [4.78, 5) is 9.29. The minimum Gasteiger partial charge on any atom is -0.420 e. The summed E-state index contributed by atoms with van der Waals surface area (Å²) in [5, 5.41) is 14.5. The fourth-order valence-corrected chi connectivity index (χ4v) is 4.08. The number of halogens is 1. The van der Waals surface area contributed by atoms with Crippen LogP contribution in [0.15, 0.2) is 62.6 Å². The molecule has 2 aromatic carbocycles. The Morgan fingerprint density at radius 1 is 1.07 bits per heavy atom. The molecule has 0 aliphatic carbocycles. The smallest absolute Gasteiger partial charge is 0.247 e. The van der Waals surface area contributed by atoms with Gasteiger partial charge < -0.3 is 4.42 Å². The quantitative estimate of drug-likeness (QED) is 0.288. The highest BCUT2D eigenvalue weighted by atomic mass is 79.9. The third kappa shape index (κ3) is 3.16. The van der Waals surface area contributed by atoms with Gasteiger partial charge in [-0.3, -0.25) is 0 Å². The molecule has 5 aromatic rings. The van der Waals surface area contributed by atoms with Gasteiger partial charge in [0.1, 0.15) is 5.82 Å². The Morgan fingerprint density at radius 2 is 1.96 bits per heavy atom. The largest absolute Gasteiger partial charge is 0.420 e. The predicted octanol–water partition coefficient (Wildman–Crippen LogP) is 4.69. The SMILES string of the molecule is Cc1nc2c3ccccc3nc(SCc3nnc(-c4cccc(Br)c4)o3)n2n1. The zero-order chi connectivity index (χ0) is 19.1. The molecular weight excluding hydrogens is 440 g/mol. The number of aryl methyl sites for hydroxylation is 1. The number of benzene rings is 2. The molecule has 28 heavy (non-hydrogen) atoms. The van der Waals surface area contributed by atoms with E-state index in [0.717, 1.165) is 31.7 Å². The fourth-order valence-electron chi connectivity index (χ4n) is 2.90. The van der Waals surface area contributed by atoms with Crippen molar-refractivity contribution in [1.29, 1.82) is 0 Å². The minimum atomic E-state index is 0.486. The number of thioether (sulfide) groups is 1. The summed E-state index contributed by atoms with van der Waals surface area (Å²) in [5.74, 6) is 2.21. The maximum absolute atomic E-state index is 5.81. The van der Waals surface area contributed by atoms with E-state index in [1.165, 1.54) is 11.8 Å². The standard InChI is InChI=1S/C19H13BrN6OS/c1-11-21-17-14-7-2-3-8-15(14)22-19(26(17)25-11)28-10-16-23-24-18(27-16)12-5-4-6-13(20)9-12/h2-9H,10H2,1H3. The number of hydrogen-bond donors (Lipinski definition) is 0. The molecule has 138 valence electrons. The molecule has 0 N–H and O–H groups in total. The van der Waals surface area contributed by atoms with Gasteiger partial charge in [0.25, 0.3) is 0 Å². The van der Waals surface area contributed by atoms with Gasteiger partial charge in [0.2, 0.25) is 11.8 Å². The Labute approximate surface area is 172 Å². The second-order valence-electron chi connectivity index (χ2n) is 6.11. The Hall–Kier alpha value is -2.78. The van der Waals surface area contributed by atoms with Crippen molar-refractivity contribution >= 4 is 44.2 Å². The second-order valence-corrected chi connectivity index (χ2v) is 7.96. The minimum absolute atomic E-state index is 0.486. The number of aromatic nitrogens is 6. The van der Waals surface area contributed by atoms with Crippen molar-refractivity contribution in [3.63, 3.8) is 0 Å². The van der Waals surface area contributed by atoms with Gasteiger partial charge in [-0.15, -0.1) is 15.3 Å². The summed E-state index contributed by atoms with van der Waals surface area (Å²) in [5.41, 5.74) is 2.55. The van der Waals surface area contributed by atoms with Gasteiger partial charge in [0, 0.05) is 15.4 Å². The molecule has 0 aliphatic rings. The van der Waals surface area contributed by atoms with Crippen molar-refractivity contribution in [3.8, 4) is 11.5 Å². The van der Waals surface area contributed by atoms with Crippen LogP contribution in [0.25, 0.3) is 28.0 Å². The summed E-state index contributed by atoms with van der Waals surface area (Å²) in [6, 6.07) is 15.7. The van der Waals surface area contributed by atoms with E-state index in [1.54, 1.807) is 4.52 Å². The monoisotopic (exact) mass is 452 g/mol. The van der Waals surface area contributed by atoms with Crippen molar-refractivity contribution < 1.29 is 4.42 Å². The molecule has 9 heteroatoms. The normalized spacial score (nSPS) is 11.5. The van der Waals surface area contributed by atoms with Crippen molar-refractivity contribution in [1.82, 2.24) is 29.8 Å². The zero-order valence-electron chi connectivity index (χ0n) is 14.7. The van der Waals surface area contributed by atoms with Gasteiger partial charge in [-0.1, -0.05) is 45.9 Å². The highest BCUT2D eigenvalue weighted by Crippen LogP contribution is 2.27. The van der Waals surface area contributed by atoms with Crippen LogP contribution in [-0.4, -0.2) is 29.8 Å². The van der Waals surface area contributed by atoms with Crippen LogP contribution in [0.2, 0.25) is 0 Å². The fraction of sp³-hybridized carbons (Fsp3) is 0.105. The molecule has 0 bridgehead atoms. The maximum atomic E-state index is 5.81. The molecule has 0 spiro atoms. The highest BCUT2D eigenvalue weighted by molar-refractivity contribution is 9.10. The van der Waals surface area contributed by atoms with Gasteiger partial charge in [-0.2, -0.15) is 4.52 Å².